The number of hydrogen-bond donors (Lipinski definition) is 0. The molecule has 1 atom stereocenters. The van der Waals surface area contributed by atoms with Gasteiger partial charge < -0.3 is 4.90 Å². The predicted molar refractivity (Wildman–Crippen MR) is 104 cm³/mol. The largest absolute Gasteiger partial charge is 0.307 e. The van der Waals surface area contributed by atoms with E-state index in [1.165, 1.54) is 0 Å². The zero-order chi connectivity index (χ0) is 16.9. The maximum absolute atomic E-state index is 11.7. The van der Waals surface area contributed by atoms with E-state index in [2.05, 4.69) is 11.1 Å². The van der Waals surface area contributed by atoms with Gasteiger partial charge in [0.15, 0.2) is 0 Å². The van der Waals surface area contributed by atoms with Crippen molar-refractivity contribution in [1.82, 2.24) is 0 Å². The van der Waals surface area contributed by atoms with Crippen LogP contribution in [0.25, 0.3) is 0 Å². The zero-order valence-electron chi connectivity index (χ0n) is 13.2. The van der Waals surface area contributed by atoms with E-state index in [0.29, 0.717) is 5.02 Å². The van der Waals surface area contributed by atoms with E-state index in [1.54, 1.807) is 16.7 Å². The highest BCUT2D eigenvalue weighted by atomic mass is 35.5. The molecule has 0 saturated heterocycles. The second-order valence-electron chi connectivity index (χ2n) is 5.43. The fourth-order valence-electron chi connectivity index (χ4n) is 2.62. The van der Waals surface area contributed by atoms with Gasteiger partial charge in [-0.25, -0.2) is 0 Å². The molecule has 1 amide bonds. The summed E-state index contributed by atoms with van der Waals surface area (Å²) in [6.07, 6.45) is 2.96. The van der Waals surface area contributed by atoms with Crippen LogP contribution in [0.1, 0.15) is 12.5 Å². The molecule has 0 fully saturated rings. The minimum atomic E-state index is 0.0805. The average Bonchev–Trinajstić information content (AvgIpc) is 3.12. The van der Waals surface area contributed by atoms with Crippen LogP contribution in [0, 0.1) is 0 Å². The molecular formula is C19H17ClN2OS. The van der Waals surface area contributed by atoms with Crippen LogP contribution in [0.2, 0.25) is 5.02 Å². The molecule has 1 heterocycles. The van der Waals surface area contributed by atoms with Crippen molar-refractivity contribution in [2.75, 3.05) is 10.7 Å². The molecule has 24 heavy (non-hydrogen) atoms. The lowest BCUT2D eigenvalue weighted by Gasteiger charge is -2.25. The van der Waals surface area contributed by atoms with E-state index in [-0.39, 0.29) is 6.04 Å². The third-order valence-electron chi connectivity index (χ3n) is 3.83. The normalized spacial score (nSPS) is 17.1. The first-order chi connectivity index (χ1) is 11.7. The number of amides is 1. The molecule has 1 unspecified atom stereocenters. The summed E-state index contributed by atoms with van der Waals surface area (Å²) in [5.74, 6) is 0.875. The maximum atomic E-state index is 11.7. The van der Waals surface area contributed by atoms with Gasteiger partial charge in [0, 0.05) is 22.1 Å². The molecule has 3 rings (SSSR count). The summed E-state index contributed by atoms with van der Waals surface area (Å²) in [4.78, 5) is 18.1. The Bertz CT molecular complexity index is 786. The minimum absolute atomic E-state index is 0.0805. The second kappa shape index (κ2) is 7.69. The quantitative estimate of drug-likeness (QED) is 0.553. The van der Waals surface area contributed by atoms with Crippen molar-refractivity contribution >= 4 is 46.9 Å². The van der Waals surface area contributed by atoms with E-state index >= 15 is 0 Å². The number of anilines is 1. The van der Waals surface area contributed by atoms with Crippen LogP contribution >= 0.6 is 23.4 Å². The molecule has 1 aliphatic heterocycles. The number of nitrogens with zero attached hydrogens (tertiary/aromatic N) is 2. The average molecular weight is 357 g/mol. The van der Waals surface area contributed by atoms with Crippen molar-refractivity contribution in [2.24, 2.45) is 4.99 Å². The van der Waals surface area contributed by atoms with Crippen molar-refractivity contribution in [3.8, 4) is 0 Å². The molecule has 0 aliphatic carbocycles. The van der Waals surface area contributed by atoms with Gasteiger partial charge in [0.05, 0.1) is 17.4 Å². The lowest BCUT2D eigenvalue weighted by molar-refractivity contribution is -0.107. The maximum Gasteiger partial charge on any atom is 0.214 e. The molecular weight excluding hydrogens is 340 g/mol. The summed E-state index contributed by atoms with van der Waals surface area (Å²) in [6.45, 7) is 1.95. The van der Waals surface area contributed by atoms with Crippen molar-refractivity contribution < 1.29 is 4.79 Å². The van der Waals surface area contributed by atoms with Gasteiger partial charge >= 0.3 is 0 Å². The minimum Gasteiger partial charge on any atom is -0.307 e. The molecule has 122 valence electrons. The summed E-state index contributed by atoms with van der Waals surface area (Å²) in [5, 5.41) is 2.72. The Kier molecular flexibility index (Phi) is 5.38. The van der Waals surface area contributed by atoms with Gasteiger partial charge in [0.2, 0.25) is 6.41 Å². The van der Waals surface area contributed by atoms with Gasteiger partial charge in [0.1, 0.15) is 0 Å². The second-order valence-corrected chi connectivity index (χ2v) is 6.81. The van der Waals surface area contributed by atoms with E-state index in [9.17, 15) is 4.79 Å². The molecule has 0 radical (unpaired) electrons. The first-order valence-electron chi connectivity index (χ1n) is 7.61. The summed E-state index contributed by atoms with van der Waals surface area (Å²) < 4.78 is 0. The van der Waals surface area contributed by atoms with Crippen LogP contribution < -0.4 is 4.90 Å². The van der Waals surface area contributed by atoms with E-state index < -0.39 is 0 Å². The third kappa shape index (κ3) is 3.71. The molecule has 3 nitrogen and oxygen atoms in total. The molecule has 5 heteroatoms. The third-order valence-corrected chi connectivity index (χ3v) is 4.97. The van der Waals surface area contributed by atoms with E-state index in [0.717, 1.165) is 34.8 Å². The Labute approximate surface area is 151 Å². The Hall–Kier alpha value is -2.04. The summed E-state index contributed by atoms with van der Waals surface area (Å²) >= 11 is 7.64. The number of carbonyl (C=O) groups is 1. The molecule has 0 bridgehead atoms. The number of benzene rings is 2. The Balaban J connectivity index is 1.97. The van der Waals surface area contributed by atoms with Gasteiger partial charge in [-0.2, -0.15) is 0 Å². The fourth-order valence-corrected chi connectivity index (χ4v) is 3.62. The molecule has 0 saturated carbocycles. The molecule has 0 aromatic heterocycles. The molecule has 2 aromatic carbocycles. The van der Waals surface area contributed by atoms with Crippen molar-refractivity contribution in [3.05, 3.63) is 70.6 Å². The summed E-state index contributed by atoms with van der Waals surface area (Å²) in [5.41, 5.74) is 3.51. The van der Waals surface area contributed by atoms with Crippen LogP contribution in [-0.2, 0) is 4.79 Å². The number of halogens is 1. The lowest BCUT2D eigenvalue weighted by Crippen LogP contribution is -2.34. The lowest BCUT2D eigenvalue weighted by atomic mass is 10.1. The first kappa shape index (κ1) is 16.8. The van der Waals surface area contributed by atoms with Gasteiger partial charge in [-0.05, 0) is 42.7 Å². The van der Waals surface area contributed by atoms with Gasteiger partial charge in [-0.3, -0.25) is 9.79 Å². The summed E-state index contributed by atoms with van der Waals surface area (Å²) in [7, 11) is 0. The van der Waals surface area contributed by atoms with Crippen LogP contribution in [0.5, 0.6) is 0 Å². The molecule has 1 aliphatic rings. The fraction of sp³-hybridized carbons (Fsp3) is 0.158. The van der Waals surface area contributed by atoms with Crippen molar-refractivity contribution in [1.29, 1.82) is 0 Å². The van der Waals surface area contributed by atoms with Crippen LogP contribution in [0.4, 0.5) is 11.4 Å². The van der Waals surface area contributed by atoms with E-state index in [4.69, 9.17) is 11.6 Å². The SMILES string of the molecule is C/C(=N\c1ccc(Cl)cc1)c1ccccc1N(C=O)C1C=CSC1. The monoisotopic (exact) mass is 356 g/mol. The van der Waals surface area contributed by atoms with Crippen LogP contribution in [-0.4, -0.2) is 23.9 Å². The predicted octanol–water partition coefficient (Wildman–Crippen LogP) is 5.07. The molecule has 0 N–H and O–H groups in total. The van der Waals surface area contributed by atoms with Crippen molar-refractivity contribution in [2.45, 2.75) is 13.0 Å². The van der Waals surface area contributed by atoms with E-state index in [1.807, 2.05) is 60.9 Å². The number of carbonyl (C=O) groups excluding carboxylic acids is 1. The number of hydrogen-bond acceptors (Lipinski definition) is 3. The number of aliphatic imine (C=N–C) groups is 1. The van der Waals surface area contributed by atoms with Crippen LogP contribution in [0.3, 0.4) is 0 Å². The topological polar surface area (TPSA) is 32.7 Å². The van der Waals surface area contributed by atoms with Gasteiger partial charge in [-0.15, -0.1) is 11.8 Å². The summed E-state index contributed by atoms with van der Waals surface area (Å²) in [6, 6.07) is 15.3. The Morgan fingerprint density at radius 2 is 2.00 bits per heavy atom. The van der Waals surface area contributed by atoms with Crippen LogP contribution in [0.15, 0.2) is 65.0 Å². The zero-order valence-corrected chi connectivity index (χ0v) is 14.8. The highest BCUT2D eigenvalue weighted by molar-refractivity contribution is 8.02. The molecule has 0 spiro atoms. The highest BCUT2D eigenvalue weighted by Gasteiger charge is 2.21. The molecule has 2 aromatic rings. The number of thioether (sulfide) groups is 1. The number of rotatable bonds is 5. The Morgan fingerprint density at radius 3 is 2.67 bits per heavy atom. The Morgan fingerprint density at radius 1 is 1.25 bits per heavy atom. The standard InChI is InChI=1S/C19H17ClN2OS/c1-14(21-16-8-6-15(20)7-9-16)18-4-2-3-5-19(18)22(13-23)17-10-11-24-12-17/h2-11,13,17H,12H2,1H3/b21-14+. The number of para-hydroxylation sites is 1. The first-order valence-corrected chi connectivity index (χ1v) is 9.04. The van der Waals surface area contributed by atoms with Gasteiger partial charge in [0.25, 0.3) is 0 Å². The van der Waals surface area contributed by atoms with Crippen molar-refractivity contribution in [3.63, 3.8) is 0 Å². The highest BCUT2D eigenvalue weighted by Crippen LogP contribution is 2.28. The van der Waals surface area contributed by atoms with Gasteiger partial charge in [-0.1, -0.05) is 35.9 Å². The smallest absolute Gasteiger partial charge is 0.214 e.